The van der Waals surface area contributed by atoms with Gasteiger partial charge in [-0.05, 0) is 36.8 Å². The van der Waals surface area contributed by atoms with E-state index in [4.69, 9.17) is 14.6 Å². The molecule has 0 unspecified atom stereocenters. The highest BCUT2D eigenvalue weighted by Gasteiger charge is 2.30. The lowest BCUT2D eigenvalue weighted by molar-refractivity contribution is -0.139. The molecule has 0 saturated carbocycles. The molecule has 3 rings (SSSR count). The molecule has 1 heterocycles. The molecule has 2 aromatic carbocycles. The third-order valence-corrected chi connectivity index (χ3v) is 5.72. The van der Waals surface area contributed by atoms with Crippen molar-refractivity contribution < 1.29 is 32.5 Å². The number of aromatic nitrogens is 1. The topological polar surface area (TPSA) is 68.7 Å². The van der Waals surface area contributed by atoms with Crippen molar-refractivity contribution in [1.29, 1.82) is 0 Å². The van der Waals surface area contributed by atoms with E-state index >= 15 is 0 Å². The minimum Gasteiger partial charge on any atom is -0.495 e. The van der Waals surface area contributed by atoms with Gasteiger partial charge >= 0.3 is 12.1 Å². The Hall–Kier alpha value is -3.20. The zero-order valence-electron chi connectivity index (χ0n) is 17.3. The molecule has 0 fully saturated rings. The van der Waals surface area contributed by atoms with Crippen LogP contribution >= 0.6 is 11.8 Å². The number of hydrogen-bond acceptors (Lipinski definition) is 5. The van der Waals surface area contributed by atoms with Gasteiger partial charge in [-0.3, -0.25) is 4.98 Å². The van der Waals surface area contributed by atoms with E-state index in [2.05, 4.69) is 4.98 Å². The second kappa shape index (κ2) is 9.95. The number of carbonyl (C=O) groups is 1. The maximum atomic E-state index is 12.7. The van der Waals surface area contributed by atoms with Gasteiger partial charge in [0.05, 0.1) is 23.3 Å². The van der Waals surface area contributed by atoms with E-state index in [9.17, 15) is 18.0 Å². The molecule has 168 valence electrons. The molecule has 0 atom stereocenters. The number of alkyl halides is 3. The van der Waals surface area contributed by atoms with Gasteiger partial charge in [0.1, 0.15) is 11.5 Å². The summed E-state index contributed by atoms with van der Waals surface area (Å²) >= 11 is 1.54. The number of thioether (sulfide) groups is 1. The summed E-state index contributed by atoms with van der Waals surface area (Å²) in [6, 6.07) is 13.3. The third-order valence-electron chi connectivity index (χ3n) is 4.61. The van der Waals surface area contributed by atoms with Crippen LogP contribution in [0.3, 0.4) is 0 Å². The van der Waals surface area contributed by atoms with Crippen LogP contribution in [0, 0.1) is 6.92 Å². The number of aliphatic carboxylic acids is 1. The van der Waals surface area contributed by atoms with Crippen LogP contribution in [0.4, 0.5) is 13.2 Å². The van der Waals surface area contributed by atoms with Crippen molar-refractivity contribution in [2.75, 3.05) is 13.7 Å². The minimum absolute atomic E-state index is 0.434. The van der Waals surface area contributed by atoms with E-state index in [-0.39, 0.29) is 0 Å². The Labute approximate surface area is 187 Å². The number of ether oxygens (including phenoxy) is 2. The van der Waals surface area contributed by atoms with Crippen molar-refractivity contribution >= 4 is 17.7 Å². The maximum Gasteiger partial charge on any atom is 0.417 e. The highest BCUT2D eigenvalue weighted by Crippen LogP contribution is 2.39. The molecule has 0 amide bonds. The molecule has 3 aromatic rings. The van der Waals surface area contributed by atoms with E-state index in [0.29, 0.717) is 28.5 Å². The van der Waals surface area contributed by atoms with Crippen molar-refractivity contribution in [3.05, 3.63) is 71.4 Å². The maximum absolute atomic E-state index is 12.7. The predicted molar refractivity (Wildman–Crippen MR) is 115 cm³/mol. The molecule has 0 bridgehead atoms. The van der Waals surface area contributed by atoms with Crippen molar-refractivity contribution in [2.24, 2.45) is 0 Å². The lowest BCUT2D eigenvalue weighted by atomic mass is 10.1. The largest absolute Gasteiger partial charge is 0.495 e. The number of rotatable bonds is 8. The summed E-state index contributed by atoms with van der Waals surface area (Å²) in [6.07, 6.45) is -3.58. The van der Waals surface area contributed by atoms with Gasteiger partial charge in [-0.2, -0.15) is 13.2 Å². The standard InChI is InChI=1S/C23H20F3NO4S/c1-14-19(31-12-21(28)29)9-10-20(22(14)30-2)32-13-15-3-5-16(6-4-15)18-8-7-17(11-27-18)23(24,25)26/h3-11H,12-13H2,1-2H3,(H,28,29). The number of nitrogens with zero attached hydrogens (tertiary/aromatic N) is 1. The normalized spacial score (nSPS) is 11.3. The van der Waals surface area contributed by atoms with Gasteiger partial charge < -0.3 is 14.6 Å². The van der Waals surface area contributed by atoms with Gasteiger partial charge in [0, 0.05) is 23.1 Å². The van der Waals surface area contributed by atoms with E-state index in [0.717, 1.165) is 28.3 Å². The molecule has 0 radical (unpaired) electrons. The number of benzene rings is 2. The van der Waals surface area contributed by atoms with Crippen molar-refractivity contribution in [1.82, 2.24) is 4.98 Å². The molecular formula is C23H20F3NO4S. The third kappa shape index (κ3) is 5.73. The van der Waals surface area contributed by atoms with Gasteiger partial charge in [0.2, 0.25) is 0 Å². The highest BCUT2D eigenvalue weighted by molar-refractivity contribution is 7.98. The van der Waals surface area contributed by atoms with Crippen LogP contribution in [0.25, 0.3) is 11.3 Å². The van der Waals surface area contributed by atoms with E-state index in [1.54, 1.807) is 31.9 Å². The first-order chi connectivity index (χ1) is 15.2. The zero-order valence-corrected chi connectivity index (χ0v) is 18.1. The molecule has 9 heteroatoms. The molecule has 0 spiro atoms. The Kier molecular flexibility index (Phi) is 7.29. The first kappa shape index (κ1) is 23.5. The Morgan fingerprint density at radius 2 is 1.81 bits per heavy atom. The quantitative estimate of drug-likeness (QED) is 0.423. The van der Waals surface area contributed by atoms with Crippen LogP contribution in [0.2, 0.25) is 0 Å². The van der Waals surface area contributed by atoms with Gasteiger partial charge in [0.25, 0.3) is 0 Å². The SMILES string of the molecule is COc1c(SCc2ccc(-c3ccc(C(F)(F)F)cn3)cc2)ccc(OCC(=O)O)c1C. The van der Waals surface area contributed by atoms with E-state index < -0.39 is 24.3 Å². The van der Waals surface area contributed by atoms with Crippen molar-refractivity contribution in [2.45, 2.75) is 23.7 Å². The zero-order chi connectivity index (χ0) is 23.3. The summed E-state index contributed by atoms with van der Waals surface area (Å²) in [7, 11) is 1.54. The fraction of sp³-hybridized carbons (Fsp3) is 0.217. The molecular weight excluding hydrogens is 443 g/mol. The average molecular weight is 463 g/mol. The van der Waals surface area contributed by atoms with Gasteiger partial charge in [-0.15, -0.1) is 11.8 Å². The second-order valence-electron chi connectivity index (χ2n) is 6.82. The molecule has 0 saturated heterocycles. The van der Waals surface area contributed by atoms with Crippen LogP contribution in [0.1, 0.15) is 16.7 Å². The molecule has 0 aliphatic rings. The van der Waals surface area contributed by atoms with Crippen molar-refractivity contribution in [3.8, 4) is 22.8 Å². The lowest BCUT2D eigenvalue weighted by Crippen LogP contribution is -2.10. The first-order valence-electron chi connectivity index (χ1n) is 9.46. The Morgan fingerprint density at radius 1 is 1.09 bits per heavy atom. The number of methoxy groups -OCH3 is 1. The average Bonchev–Trinajstić information content (AvgIpc) is 2.77. The smallest absolute Gasteiger partial charge is 0.417 e. The Balaban J connectivity index is 1.68. The first-order valence-corrected chi connectivity index (χ1v) is 10.4. The summed E-state index contributed by atoms with van der Waals surface area (Å²) < 4.78 is 48.8. The predicted octanol–water partition coefficient (Wildman–Crippen LogP) is 5.84. The summed E-state index contributed by atoms with van der Waals surface area (Å²) in [4.78, 5) is 15.5. The van der Waals surface area contributed by atoms with Crippen LogP contribution in [-0.4, -0.2) is 29.8 Å². The molecule has 0 aliphatic heterocycles. The molecule has 1 N–H and O–H groups in total. The number of hydrogen-bond donors (Lipinski definition) is 1. The van der Waals surface area contributed by atoms with Gasteiger partial charge in [-0.25, -0.2) is 4.79 Å². The van der Waals surface area contributed by atoms with Crippen LogP contribution in [-0.2, 0) is 16.7 Å². The fourth-order valence-corrected chi connectivity index (χ4v) is 4.02. The monoisotopic (exact) mass is 463 g/mol. The molecule has 5 nitrogen and oxygen atoms in total. The van der Waals surface area contributed by atoms with Crippen LogP contribution in [0.5, 0.6) is 11.5 Å². The summed E-state index contributed by atoms with van der Waals surface area (Å²) in [5.41, 5.74) is 2.13. The number of carboxylic acids is 1. The van der Waals surface area contributed by atoms with E-state index in [1.165, 1.54) is 6.07 Å². The van der Waals surface area contributed by atoms with E-state index in [1.807, 2.05) is 30.3 Å². The lowest BCUT2D eigenvalue weighted by Gasteiger charge is -2.15. The van der Waals surface area contributed by atoms with Crippen LogP contribution in [0.15, 0.2) is 59.6 Å². The Morgan fingerprint density at radius 3 is 2.38 bits per heavy atom. The number of halogens is 3. The molecule has 1 aromatic heterocycles. The fourth-order valence-electron chi connectivity index (χ4n) is 2.98. The second-order valence-corrected chi connectivity index (χ2v) is 7.84. The number of pyridine rings is 1. The number of carboxylic acid groups (broad SMARTS) is 1. The molecule has 0 aliphatic carbocycles. The van der Waals surface area contributed by atoms with Crippen LogP contribution < -0.4 is 9.47 Å². The van der Waals surface area contributed by atoms with Crippen molar-refractivity contribution in [3.63, 3.8) is 0 Å². The summed E-state index contributed by atoms with van der Waals surface area (Å²) in [5.74, 6) is 0.633. The van der Waals surface area contributed by atoms with Gasteiger partial charge in [-0.1, -0.05) is 24.3 Å². The minimum atomic E-state index is -4.41. The molecule has 32 heavy (non-hydrogen) atoms. The highest BCUT2D eigenvalue weighted by atomic mass is 32.2. The summed E-state index contributed by atoms with van der Waals surface area (Å²) in [5, 5.41) is 8.78. The van der Waals surface area contributed by atoms with Gasteiger partial charge in [0.15, 0.2) is 6.61 Å². The Bertz CT molecular complexity index is 1080. The summed E-state index contributed by atoms with van der Waals surface area (Å²) in [6.45, 7) is 1.36.